The number of benzene rings is 1. The van der Waals surface area contributed by atoms with Gasteiger partial charge in [0.15, 0.2) is 0 Å². The molecule has 1 heterocycles. The first-order valence-electron chi connectivity index (χ1n) is 6.15. The SMILES string of the molecule is NCC#Cc1cc(F)cc(F)c1S(=O)(=O)N1CCCC1. The van der Waals surface area contributed by atoms with Crippen LogP contribution in [0.4, 0.5) is 8.78 Å². The number of rotatable bonds is 2. The highest BCUT2D eigenvalue weighted by Crippen LogP contribution is 2.26. The molecule has 0 bridgehead atoms. The second-order valence-electron chi connectivity index (χ2n) is 4.38. The van der Waals surface area contributed by atoms with Crippen LogP contribution in [0.3, 0.4) is 0 Å². The molecule has 7 heteroatoms. The zero-order valence-corrected chi connectivity index (χ0v) is 11.5. The Kier molecular flexibility index (Phi) is 4.38. The van der Waals surface area contributed by atoms with Gasteiger partial charge in [0, 0.05) is 19.2 Å². The van der Waals surface area contributed by atoms with Crippen LogP contribution in [0.1, 0.15) is 18.4 Å². The number of sulfonamides is 1. The molecular weight excluding hydrogens is 286 g/mol. The van der Waals surface area contributed by atoms with Gasteiger partial charge in [-0.05, 0) is 18.9 Å². The van der Waals surface area contributed by atoms with Gasteiger partial charge in [-0.2, -0.15) is 4.31 Å². The Hall–Kier alpha value is -1.49. The Morgan fingerprint density at radius 2 is 1.90 bits per heavy atom. The summed E-state index contributed by atoms with van der Waals surface area (Å²) in [7, 11) is -4.00. The summed E-state index contributed by atoms with van der Waals surface area (Å²) in [5.74, 6) is 2.85. The Balaban J connectivity index is 2.60. The van der Waals surface area contributed by atoms with Crippen molar-refractivity contribution in [2.24, 2.45) is 5.73 Å². The topological polar surface area (TPSA) is 63.4 Å². The number of nitrogens with two attached hydrogens (primary N) is 1. The van der Waals surface area contributed by atoms with Gasteiger partial charge in [-0.25, -0.2) is 17.2 Å². The second-order valence-corrected chi connectivity index (χ2v) is 6.26. The van der Waals surface area contributed by atoms with Gasteiger partial charge in [0.25, 0.3) is 0 Å². The molecule has 20 heavy (non-hydrogen) atoms. The minimum absolute atomic E-state index is 0.0265. The first-order valence-corrected chi connectivity index (χ1v) is 7.59. The Bertz CT molecular complexity index is 672. The highest BCUT2D eigenvalue weighted by atomic mass is 32.2. The third kappa shape index (κ3) is 2.82. The van der Waals surface area contributed by atoms with Crippen LogP contribution in [0.15, 0.2) is 17.0 Å². The van der Waals surface area contributed by atoms with E-state index in [1.54, 1.807) is 0 Å². The van der Waals surface area contributed by atoms with Crippen LogP contribution in [-0.4, -0.2) is 32.4 Å². The molecular formula is C13H14F2N2O2S. The smallest absolute Gasteiger partial charge is 0.247 e. The summed E-state index contributed by atoms with van der Waals surface area (Å²) in [6.07, 6.45) is 1.46. The van der Waals surface area contributed by atoms with Crippen LogP contribution < -0.4 is 5.73 Å². The molecule has 0 unspecified atom stereocenters. The lowest BCUT2D eigenvalue weighted by molar-refractivity contribution is 0.468. The summed E-state index contributed by atoms with van der Waals surface area (Å²) in [4.78, 5) is -0.568. The third-order valence-electron chi connectivity index (χ3n) is 3.00. The first-order chi connectivity index (χ1) is 9.46. The highest BCUT2D eigenvalue weighted by Gasteiger charge is 2.32. The maximum atomic E-state index is 13.9. The Morgan fingerprint density at radius 1 is 1.25 bits per heavy atom. The molecule has 0 amide bonds. The third-order valence-corrected chi connectivity index (χ3v) is 4.97. The van der Waals surface area contributed by atoms with Crippen molar-refractivity contribution in [2.45, 2.75) is 17.7 Å². The van der Waals surface area contributed by atoms with Crippen molar-refractivity contribution < 1.29 is 17.2 Å². The van der Waals surface area contributed by atoms with E-state index in [0.717, 1.165) is 18.9 Å². The van der Waals surface area contributed by atoms with E-state index in [4.69, 9.17) is 5.73 Å². The lowest BCUT2D eigenvalue weighted by Crippen LogP contribution is -2.29. The fourth-order valence-electron chi connectivity index (χ4n) is 2.12. The number of hydrogen-bond acceptors (Lipinski definition) is 3. The van der Waals surface area contributed by atoms with Gasteiger partial charge >= 0.3 is 0 Å². The lowest BCUT2D eigenvalue weighted by Gasteiger charge is -2.17. The number of hydrogen-bond donors (Lipinski definition) is 1. The van der Waals surface area contributed by atoms with Crippen molar-refractivity contribution in [2.75, 3.05) is 19.6 Å². The van der Waals surface area contributed by atoms with Crippen molar-refractivity contribution in [3.8, 4) is 11.8 Å². The first kappa shape index (κ1) is 14.9. The van der Waals surface area contributed by atoms with Gasteiger partial charge in [-0.1, -0.05) is 11.8 Å². The molecule has 0 radical (unpaired) electrons. The van der Waals surface area contributed by atoms with E-state index in [2.05, 4.69) is 11.8 Å². The van der Waals surface area contributed by atoms with E-state index in [9.17, 15) is 17.2 Å². The van der Waals surface area contributed by atoms with Crippen LogP contribution in [-0.2, 0) is 10.0 Å². The zero-order chi connectivity index (χ0) is 14.8. The van der Waals surface area contributed by atoms with Gasteiger partial charge in [0.2, 0.25) is 10.0 Å². The van der Waals surface area contributed by atoms with Crippen molar-refractivity contribution >= 4 is 10.0 Å². The van der Waals surface area contributed by atoms with Gasteiger partial charge in [0.1, 0.15) is 16.5 Å². The van der Waals surface area contributed by atoms with Gasteiger partial charge < -0.3 is 5.73 Å². The number of halogens is 2. The van der Waals surface area contributed by atoms with Crippen LogP contribution in [0.5, 0.6) is 0 Å². The molecule has 0 spiro atoms. The standard InChI is InChI=1S/C13H14F2N2O2S/c14-11-8-10(4-3-5-16)13(12(15)9-11)20(18,19)17-6-1-2-7-17/h8-9H,1-2,5-7,16H2. The molecule has 1 aromatic rings. The normalized spacial score (nSPS) is 15.9. The minimum atomic E-state index is -4.00. The molecule has 0 saturated carbocycles. The molecule has 0 aliphatic carbocycles. The summed E-state index contributed by atoms with van der Waals surface area (Å²) in [5.41, 5.74) is 5.02. The van der Waals surface area contributed by atoms with E-state index < -0.39 is 26.6 Å². The van der Waals surface area contributed by atoms with Gasteiger partial charge in [0.05, 0.1) is 12.1 Å². The van der Waals surface area contributed by atoms with E-state index in [0.29, 0.717) is 19.2 Å². The second kappa shape index (κ2) is 5.87. The molecule has 1 aliphatic heterocycles. The van der Waals surface area contributed by atoms with Gasteiger partial charge in [-0.3, -0.25) is 0 Å². The average molecular weight is 300 g/mol. The van der Waals surface area contributed by atoms with Crippen LogP contribution in [0, 0.1) is 23.5 Å². The molecule has 1 saturated heterocycles. The van der Waals surface area contributed by atoms with Crippen molar-refractivity contribution in [3.05, 3.63) is 29.3 Å². The van der Waals surface area contributed by atoms with Crippen LogP contribution >= 0.6 is 0 Å². The maximum Gasteiger partial charge on any atom is 0.247 e. The summed E-state index contributed by atoms with van der Waals surface area (Å²) in [5, 5.41) is 0. The average Bonchev–Trinajstić information content (AvgIpc) is 2.89. The molecule has 1 fully saturated rings. The predicted molar refractivity (Wildman–Crippen MR) is 70.3 cm³/mol. The summed E-state index contributed by atoms with van der Waals surface area (Å²) in [6, 6.07) is 1.46. The monoisotopic (exact) mass is 300 g/mol. The number of nitrogens with zero attached hydrogens (tertiary/aromatic N) is 1. The molecule has 0 aromatic heterocycles. The molecule has 0 atom stereocenters. The summed E-state index contributed by atoms with van der Waals surface area (Å²) < 4.78 is 53.2. The summed E-state index contributed by atoms with van der Waals surface area (Å²) in [6.45, 7) is 0.646. The molecule has 2 rings (SSSR count). The van der Waals surface area contributed by atoms with Crippen molar-refractivity contribution in [1.29, 1.82) is 0 Å². The Labute approximate surface area is 116 Å². The highest BCUT2D eigenvalue weighted by molar-refractivity contribution is 7.89. The molecule has 1 aromatic carbocycles. The summed E-state index contributed by atoms with van der Waals surface area (Å²) >= 11 is 0. The van der Waals surface area contributed by atoms with Gasteiger partial charge in [-0.15, -0.1) is 0 Å². The fourth-order valence-corrected chi connectivity index (χ4v) is 3.81. The van der Waals surface area contributed by atoms with E-state index in [1.165, 1.54) is 4.31 Å². The van der Waals surface area contributed by atoms with E-state index in [1.807, 2.05) is 0 Å². The quantitative estimate of drug-likeness (QED) is 0.831. The van der Waals surface area contributed by atoms with Crippen molar-refractivity contribution in [3.63, 3.8) is 0 Å². The van der Waals surface area contributed by atoms with E-state index >= 15 is 0 Å². The lowest BCUT2D eigenvalue weighted by atomic mass is 10.2. The largest absolute Gasteiger partial charge is 0.320 e. The molecule has 1 aliphatic rings. The zero-order valence-electron chi connectivity index (χ0n) is 10.7. The van der Waals surface area contributed by atoms with E-state index in [-0.39, 0.29) is 12.1 Å². The van der Waals surface area contributed by atoms with Crippen LogP contribution in [0.25, 0.3) is 0 Å². The molecule has 2 N–H and O–H groups in total. The fraction of sp³-hybridized carbons (Fsp3) is 0.385. The minimum Gasteiger partial charge on any atom is -0.320 e. The predicted octanol–water partition coefficient (Wildman–Crippen LogP) is 1.06. The van der Waals surface area contributed by atoms with Crippen LogP contribution in [0.2, 0.25) is 0 Å². The molecule has 108 valence electrons. The maximum absolute atomic E-state index is 13.9. The molecule has 4 nitrogen and oxygen atoms in total. The van der Waals surface area contributed by atoms with Crippen molar-refractivity contribution in [1.82, 2.24) is 4.31 Å². The Morgan fingerprint density at radius 3 is 2.50 bits per heavy atom.